The molecule has 0 saturated heterocycles. The smallest absolute Gasteiger partial charge is 0.238 e. The summed E-state index contributed by atoms with van der Waals surface area (Å²) in [4.78, 5) is 16.3. The molecule has 0 radical (unpaired) electrons. The highest BCUT2D eigenvalue weighted by atomic mass is 15.2. The molecule has 0 atom stereocenters. The summed E-state index contributed by atoms with van der Waals surface area (Å²) in [5.41, 5.74) is 9.93. The van der Waals surface area contributed by atoms with Crippen molar-refractivity contribution in [2.45, 2.75) is 0 Å². The number of fused-ring (bicyclic) bond motifs is 9. The molecule has 4 heterocycles. The predicted molar refractivity (Wildman–Crippen MR) is 259 cm³/mol. The van der Waals surface area contributed by atoms with E-state index in [1.54, 1.807) is 0 Å². The zero-order valence-electron chi connectivity index (χ0n) is 38.6. The van der Waals surface area contributed by atoms with Crippen LogP contribution in [0.5, 0.6) is 0 Å². The number of nitrogens with zero attached hydrogens (tertiary/aromatic N) is 6. The Kier molecular flexibility index (Phi) is 6.75. The van der Waals surface area contributed by atoms with Gasteiger partial charge in [0.05, 0.1) is 51.3 Å². The molecule has 0 unspecified atom stereocenters. The zero-order valence-corrected chi connectivity index (χ0v) is 33.6. The molecule has 0 amide bonds. The van der Waals surface area contributed by atoms with E-state index in [0.717, 1.165) is 87.9 Å². The predicted octanol–water partition coefficient (Wildman–Crippen LogP) is 14.2. The first-order valence-electron chi connectivity index (χ1n) is 23.4. The molecule has 0 spiro atoms. The second kappa shape index (κ2) is 14.0. The van der Waals surface area contributed by atoms with Crippen molar-refractivity contribution in [3.05, 3.63) is 218 Å². The highest BCUT2D eigenvalue weighted by molar-refractivity contribution is 6.12. The van der Waals surface area contributed by atoms with Crippen LogP contribution in [0, 0.1) is 0 Å². The Hall–Kier alpha value is -8.61. The van der Waals surface area contributed by atoms with Crippen LogP contribution in [0.4, 0.5) is 0 Å². The van der Waals surface area contributed by atoms with Crippen molar-refractivity contribution in [1.82, 2.24) is 28.7 Å². The Bertz CT molecular complexity index is 3930. The molecule has 0 aliphatic carbocycles. The van der Waals surface area contributed by atoms with E-state index >= 15 is 0 Å². The van der Waals surface area contributed by atoms with Crippen molar-refractivity contribution in [1.29, 1.82) is 0 Å². The van der Waals surface area contributed by atoms with Crippen LogP contribution in [0.2, 0.25) is 0 Å². The molecule has 0 aliphatic heterocycles. The van der Waals surface area contributed by atoms with E-state index in [0.29, 0.717) is 23.2 Å². The second-order valence-electron chi connectivity index (χ2n) is 15.6. The third kappa shape index (κ3) is 5.41. The van der Waals surface area contributed by atoms with Gasteiger partial charge in [-0.2, -0.15) is 9.97 Å². The first-order valence-corrected chi connectivity index (χ1v) is 20.9. The Balaban J connectivity index is 1.11. The summed E-state index contributed by atoms with van der Waals surface area (Å²) in [6.45, 7) is 0. The molecule has 63 heavy (non-hydrogen) atoms. The van der Waals surface area contributed by atoms with Gasteiger partial charge in [0.25, 0.3) is 0 Å². The lowest BCUT2D eigenvalue weighted by Crippen LogP contribution is -2.09. The molecule has 6 nitrogen and oxygen atoms in total. The number of benzene rings is 9. The number of aromatic nitrogens is 6. The number of hydrogen-bond donors (Lipinski definition) is 0. The molecule has 0 saturated carbocycles. The van der Waals surface area contributed by atoms with Crippen LogP contribution in [0.3, 0.4) is 0 Å². The van der Waals surface area contributed by atoms with Gasteiger partial charge < -0.3 is 9.13 Å². The number of hydrogen-bond acceptors (Lipinski definition) is 3. The van der Waals surface area contributed by atoms with E-state index in [2.05, 4.69) is 130 Å². The maximum atomic E-state index is 8.80. The summed E-state index contributed by atoms with van der Waals surface area (Å²) in [5.74, 6) is 1.34. The SMILES string of the molecule is [2H]c1c([2H])c([2H])c(-c2ccc3c(c2)c2ccccc2n3-c2nc(-c3ccccc3-n3c4ccccc4c4ccccc43)nc(-c3ccccc3-n3c4ccccc4c4ccccc43)n2)c([2H])c1[2H]. The topological polar surface area (TPSA) is 53.5 Å². The molecule has 0 fully saturated rings. The molecule has 0 bridgehead atoms. The fourth-order valence-corrected chi connectivity index (χ4v) is 9.52. The van der Waals surface area contributed by atoms with Crippen molar-refractivity contribution in [2.75, 3.05) is 0 Å². The molecule has 0 N–H and O–H groups in total. The van der Waals surface area contributed by atoms with E-state index in [9.17, 15) is 0 Å². The van der Waals surface area contributed by atoms with Gasteiger partial charge in [0.2, 0.25) is 5.95 Å². The molecule has 6 heteroatoms. The summed E-state index contributed by atoms with van der Waals surface area (Å²) in [7, 11) is 0. The average molecular weight is 810 g/mol. The van der Waals surface area contributed by atoms with Gasteiger partial charge in [0, 0.05) is 43.4 Å². The Morgan fingerprint density at radius 2 is 0.698 bits per heavy atom. The summed E-state index contributed by atoms with van der Waals surface area (Å²) in [5, 5.41) is 6.26. The normalized spacial score (nSPS) is 12.9. The second-order valence-corrected chi connectivity index (χ2v) is 15.6. The number of rotatable bonds is 6. The van der Waals surface area contributed by atoms with Gasteiger partial charge in [-0.1, -0.05) is 152 Å². The first kappa shape index (κ1) is 30.4. The molecule has 4 aromatic heterocycles. The van der Waals surface area contributed by atoms with Crippen LogP contribution in [-0.4, -0.2) is 28.7 Å². The Morgan fingerprint density at radius 1 is 0.317 bits per heavy atom. The monoisotopic (exact) mass is 809 g/mol. The van der Waals surface area contributed by atoms with Crippen molar-refractivity contribution >= 4 is 65.4 Å². The third-order valence-electron chi connectivity index (χ3n) is 12.2. The average Bonchev–Trinajstić information content (AvgIpc) is 4.03. The van der Waals surface area contributed by atoms with Crippen molar-refractivity contribution < 1.29 is 6.85 Å². The molecule has 13 aromatic rings. The van der Waals surface area contributed by atoms with Gasteiger partial charge in [-0.25, -0.2) is 4.98 Å². The van der Waals surface area contributed by atoms with Crippen molar-refractivity contribution in [3.8, 4) is 51.2 Å². The van der Waals surface area contributed by atoms with Crippen molar-refractivity contribution in [2.24, 2.45) is 0 Å². The molecular formula is C57H36N6. The van der Waals surface area contributed by atoms with Gasteiger partial charge >= 0.3 is 0 Å². The zero-order chi connectivity index (χ0) is 45.8. The van der Waals surface area contributed by atoms with Crippen LogP contribution in [0.25, 0.3) is 117 Å². The van der Waals surface area contributed by atoms with Gasteiger partial charge in [-0.3, -0.25) is 4.57 Å². The van der Waals surface area contributed by atoms with Gasteiger partial charge in [0.1, 0.15) is 0 Å². The lowest BCUT2D eigenvalue weighted by atomic mass is 10.0. The summed E-state index contributed by atoms with van der Waals surface area (Å²) in [6, 6.07) is 62.2. The summed E-state index contributed by atoms with van der Waals surface area (Å²) >= 11 is 0. The molecular weight excluding hydrogens is 769 g/mol. The van der Waals surface area contributed by atoms with Crippen molar-refractivity contribution in [3.63, 3.8) is 0 Å². The van der Waals surface area contributed by atoms with E-state index in [1.165, 1.54) is 0 Å². The summed E-state index contributed by atoms with van der Waals surface area (Å²) < 4.78 is 49.3. The number of para-hydroxylation sites is 7. The van der Waals surface area contributed by atoms with Crippen LogP contribution < -0.4 is 0 Å². The minimum atomic E-state index is -0.428. The highest BCUT2D eigenvalue weighted by Gasteiger charge is 2.23. The maximum absolute atomic E-state index is 8.80. The molecule has 13 rings (SSSR count). The van der Waals surface area contributed by atoms with Crippen LogP contribution in [0.1, 0.15) is 6.85 Å². The minimum Gasteiger partial charge on any atom is -0.309 e. The van der Waals surface area contributed by atoms with Gasteiger partial charge in [-0.15, -0.1) is 0 Å². The minimum absolute atomic E-state index is 0.141. The van der Waals surface area contributed by atoms with Gasteiger partial charge in [-0.05, 0) is 77.9 Å². The maximum Gasteiger partial charge on any atom is 0.238 e. The largest absolute Gasteiger partial charge is 0.309 e. The fourth-order valence-electron chi connectivity index (χ4n) is 9.52. The molecule has 9 aromatic carbocycles. The highest BCUT2D eigenvalue weighted by Crippen LogP contribution is 2.40. The summed E-state index contributed by atoms with van der Waals surface area (Å²) in [6.07, 6.45) is 0. The standard InChI is InChI=1S/C57H36N6/c1-2-18-37(19-3-1)38-34-35-54-46(36-38)43-24-8-15-31-51(43)63(54)57-59-55(44-25-9-16-32-52(44)61-47-27-11-4-20-39(47)40-21-5-12-28-48(40)61)58-56(60-57)45-26-10-17-33-53(45)62-49-29-13-6-22-41(49)42-23-7-14-30-50(42)62/h1-36H/i1D,2D,3D,18D,19D. The van der Waals surface area contributed by atoms with Gasteiger partial charge in [0.15, 0.2) is 11.6 Å². The van der Waals surface area contributed by atoms with Crippen LogP contribution in [0.15, 0.2) is 218 Å². The first-order chi connectivity index (χ1) is 33.4. The quantitative estimate of drug-likeness (QED) is 0.168. The van der Waals surface area contributed by atoms with E-state index in [-0.39, 0.29) is 29.7 Å². The molecule has 294 valence electrons. The lowest BCUT2D eigenvalue weighted by Gasteiger charge is -2.17. The van der Waals surface area contributed by atoms with Crippen LogP contribution in [-0.2, 0) is 0 Å². The third-order valence-corrected chi connectivity index (χ3v) is 12.2. The van der Waals surface area contributed by atoms with Crippen LogP contribution >= 0.6 is 0 Å². The fraction of sp³-hybridized carbons (Fsp3) is 0. The van der Waals surface area contributed by atoms with E-state index < -0.39 is 6.04 Å². The van der Waals surface area contributed by atoms with E-state index in [4.69, 9.17) is 21.8 Å². The Labute approximate surface area is 369 Å². The Morgan fingerprint density at radius 3 is 1.17 bits per heavy atom. The van der Waals surface area contributed by atoms with E-state index in [1.807, 2.05) is 71.3 Å². The molecule has 0 aliphatic rings. The lowest BCUT2D eigenvalue weighted by molar-refractivity contribution is 0.950.